The van der Waals surface area contributed by atoms with Crippen LogP contribution in [0.15, 0.2) is 52.9 Å². The molecule has 3 heterocycles. The summed E-state index contributed by atoms with van der Waals surface area (Å²) in [4.78, 5) is 23.9. The summed E-state index contributed by atoms with van der Waals surface area (Å²) in [5.74, 6) is 2.45. The van der Waals surface area contributed by atoms with Gasteiger partial charge in [0.25, 0.3) is 0 Å². The molecule has 8 heteroatoms. The maximum absolute atomic E-state index is 12.7. The second kappa shape index (κ2) is 8.66. The van der Waals surface area contributed by atoms with Crippen LogP contribution in [-0.4, -0.2) is 39.8 Å². The molecule has 0 saturated heterocycles. The van der Waals surface area contributed by atoms with Crippen LogP contribution in [0.4, 0.5) is 11.5 Å². The summed E-state index contributed by atoms with van der Waals surface area (Å²) >= 11 is 0. The Kier molecular flexibility index (Phi) is 5.77. The third kappa shape index (κ3) is 4.69. The number of anilines is 2. The van der Waals surface area contributed by atoms with E-state index >= 15 is 0 Å². The molecule has 0 fully saturated rings. The third-order valence-corrected chi connectivity index (χ3v) is 4.98. The molecule has 164 valence electrons. The smallest absolute Gasteiger partial charge is 0.229 e. The first-order valence-corrected chi connectivity index (χ1v) is 10.3. The van der Waals surface area contributed by atoms with Crippen LogP contribution in [-0.2, 0) is 11.2 Å². The highest BCUT2D eigenvalue weighted by Crippen LogP contribution is 2.23. The Labute approximate surface area is 186 Å². The van der Waals surface area contributed by atoms with Crippen molar-refractivity contribution in [3.05, 3.63) is 71.2 Å². The minimum atomic E-state index is -0.165. The predicted molar refractivity (Wildman–Crippen MR) is 124 cm³/mol. The molecule has 0 spiro atoms. The lowest BCUT2D eigenvalue weighted by Crippen LogP contribution is -2.17. The molecule has 1 amide bonds. The van der Waals surface area contributed by atoms with E-state index in [-0.39, 0.29) is 12.3 Å². The molecular formula is C24H26N6O2. The monoisotopic (exact) mass is 430 g/mol. The number of hydrogen-bond donors (Lipinski definition) is 1. The largest absolute Gasteiger partial charge is 0.458 e. The number of hydrogen-bond acceptors (Lipinski definition) is 6. The first-order valence-electron chi connectivity index (χ1n) is 10.3. The van der Waals surface area contributed by atoms with Crippen molar-refractivity contribution in [3.8, 4) is 17.4 Å². The quantitative estimate of drug-likeness (QED) is 0.496. The van der Waals surface area contributed by atoms with Gasteiger partial charge >= 0.3 is 0 Å². The number of nitrogens with one attached hydrogen (secondary N) is 1. The molecular weight excluding hydrogens is 404 g/mol. The zero-order chi connectivity index (χ0) is 22.8. The summed E-state index contributed by atoms with van der Waals surface area (Å²) in [7, 11) is 3.96. The van der Waals surface area contributed by atoms with Gasteiger partial charge in [0.05, 0.1) is 12.1 Å². The second-order valence-corrected chi connectivity index (χ2v) is 7.97. The first-order chi connectivity index (χ1) is 15.3. The maximum atomic E-state index is 12.7. The van der Waals surface area contributed by atoms with Crippen LogP contribution in [0.3, 0.4) is 0 Å². The fourth-order valence-corrected chi connectivity index (χ4v) is 3.42. The Morgan fingerprint density at radius 1 is 1.03 bits per heavy atom. The Balaban J connectivity index is 1.62. The van der Waals surface area contributed by atoms with E-state index in [4.69, 9.17) is 4.42 Å². The minimum absolute atomic E-state index is 0.165. The van der Waals surface area contributed by atoms with Crippen molar-refractivity contribution in [3.63, 3.8) is 0 Å². The van der Waals surface area contributed by atoms with Crippen LogP contribution in [0.2, 0.25) is 0 Å². The average molecular weight is 431 g/mol. The number of rotatable bonds is 6. The molecule has 0 saturated carbocycles. The van der Waals surface area contributed by atoms with Crippen LogP contribution >= 0.6 is 0 Å². The normalized spacial score (nSPS) is 10.9. The third-order valence-electron chi connectivity index (χ3n) is 4.98. The van der Waals surface area contributed by atoms with Gasteiger partial charge in [-0.25, -0.2) is 14.6 Å². The van der Waals surface area contributed by atoms with Gasteiger partial charge in [0.15, 0.2) is 17.4 Å². The number of carbonyl (C=O) groups excluding carboxylic acids is 1. The zero-order valence-electron chi connectivity index (χ0n) is 18.9. The SMILES string of the molecule is Cc1cc(C)n(-c2cc(NC(=O)Cc3ccc(N(C)C)cc3)nc(-c3ccc(C)o3)n2)n1. The number of nitrogens with zero attached hydrogens (tertiary/aromatic N) is 5. The van der Waals surface area contributed by atoms with Crippen molar-refractivity contribution in [2.24, 2.45) is 0 Å². The Morgan fingerprint density at radius 3 is 2.38 bits per heavy atom. The molecule has 8 nitrogen and oxygen atoms in total. The van der Waals surface area contributed by atoms with Crippen LogP contribution in [0.1, 0.15) is 22.7 Å². The second-order valence-electron chi connectivity index (χ2n) is 7.97. The highest BCUT2D eigenvalue weighted by Gasteiger charge is 2.15. The topological polar surface area (TPSA) is 89.1 Å². The zero-order valence-corrected chi connectivity index (χ0v) is 18.9. The van der Waals surface area contributed by atoms with Crippen molar-refractivity contribution in [2.45, 2.75) is 27.2 Å². The highest BCUT2D eigenvalue weighted by atomic mass is 16.3. The minimum Gasteiger partial charge on any atom is -0.458 e. The van der Waals surface area contributed by atoms with Gasteiger partial charge in [0, 0.05) is 31.5 Å². The number of aryl methyl sites for hydroxylation is 3. The lowest BCUT2D eigenvalue weighted by molar-refractivity contribution is -0.115. The van der Waals surface area contributed by atoms with Crippen LogP contribution in [0, 0.1) is 20.8 Å². The fourth-order valence-electron chi connectivity index (χ4n) is 3.42. The van der Waals surface area contributed by atoms with Gasteiger partial charge in [0.2, 0.25) is 5.91 Å². The molecule has 3 aromatic heterocycles. The lowest BCUT2D eigenvalue weighted by Gasteiger charge is -2.13. The molecule has 4 aromatic rings. The van der Waals surface area contributed by atoms with Crippen molar-refractivity contribution in [1.29, 1.82) is 0 Å². The number of amides is 1. The summed E-state index contributed by atoms with van der Waals surface area (Å²) in [6.45, 7) is 5.73. The van der Waals surface area contributed by atoms with E-state index in [1.807, 2.05) is 82.2 Å². The molecule has 4 rings (SSSR count). The van der Waals surface area contributed by atoms with Crippen LogP contribution < -0.4 is 10.2 Å². The summed E-state index contributed by atoms with van der Waals surface area (Å²) in [6, 6.07) is 15.2. The molecule has 0 atom stereocenters. The van der Waals surface area contributed by atoms with E-state index in [1.54, 1.807) is 10.7 Å². The standard InChI is InChI=1S/C24H26N6O2/c1-15-12-16(2)30(28-15)22-14-21(26-24(27-22)20-11-6-17(3)32-20)25-23(31)13-18-7-9-19(10-8-18)29(4)5/h6-12,14H,13H2,1-5H3,(H,25,26,27,31). The van der Waals surface area contributed by atoms with E-state index < -0.39 is 0 Å². The summed E-state index contributed by atoms with van der Waals surface area (Å²) < 4.78 is 7.44. The molecule has 0 unspecified atom stereocenters. The average Bonchev–Trinajstić information content (AvgIpc) is 3.32. The molecule has 0 bridgehead atoms. The molecule has 32 heavy (non-hydrogen) atoms. The molecule has 0 aliphatic carbocycles. The van der Waals surface area contributed by atoms with E-state index in [9.17, 15) is 4.79 Å². The summed E-state index contributed by atoms with van der Waals surface area (Å²) in [5.41, 5.74) is 3.81. The van der Waals surface area contributed by atoms with Crippen molar-refractivity contribution < 1.29 is 9.21 Å². The van der Waals surface area contributed by atoms with Crippen molar-refractivity contribution in [2.75, 3.05) is 24.3 Å². The number of carbonyl (C=O) groups is 1. The molecule has 0 aliphatic heterocycles. The van der Waals surface area contributed by atoms with E-state index in [0.29, 0.717) is 23.2 Å². The lowest BCUT2D eigenvalue weighted by atomic mass is 10.1. The van der Waals surface area contributed by atoms with Gasteiger partial charge in [-0.1, -0.05) is 12.1 Å². The van der Waals surface area contributed by atoms with Crippen LogP contribution in [0.25, 0.3) is 17.4 Å². The van der Waals surface area contributed by atoms with E-state index in [0.717, 1.165) is 28.4 Å². The van der Waals surface area contributed by atoms with E-state index in [1.165, 1.54) is 0 Å². The Morgan fingerprint density at radius 2 is 1.78 bits per heavy atom. The predicted octanol–water partition coefficient (Wildman–Crippen LogP) is 4.09. The highest BCUT2D eigenvalue weighted by molar-refractivity contribution is 5.91. The van der Waals surface area contributed by atoms with Crippen LogP contribution in [0.5, 0.6) is 0 Å². The Bertz CT molecular complexity index is 1250. The Hall–Kier alpha value is -3.94. The molecule has 1 N–H and O–H groups in total. The van der Waals surface area contributed by atoms with Gasteiger partial charge in [0.1, 0.15) is 11.6 Å². The number of benzene rings is 1. The van der Waals surface area contributed by atoms with Gasteiger partial charge in [-0.3, -0.25) is 4.79 Å². The van der Waals surface area contributed by atoms with Crippen molar-refractivity contribution >= 4 is 17.4 Å². The van der Waals surface area contributed by atoms with Gasteiger partial charge in [-0.15, -0.1) is 0 Å². The first kappa shape index (κ1) is 21.3. The summed E-state index contributed by atoms with van der Waals surface area (Å²) in [6.07, 6.45) is 0.238. The molecule has 0 radical (unpaired) electrons. The number of furan rings is 1. The molecule has 0 aliphatic rings. The molecule has 1 aromatic carbocycles. The van der Waals surface area contributed by atoms with E-state index in [2.05, 4.69) is 20.4 Å². The van der Waals surface area contributed by atoms with Gasteiger partial charge < -0.3 is 14.6 Å². The fraction of sp³-hybridized carbons (Fsp3) is 0.250. The van der Waals surface area contributed by atoms with Gasteiger partial charge in [-0.05, 0) is 56.7 Å². The summed E-state index contributed by atoms with van der Waals surface area (Å²) in [5, 5.41) is 7.41. The van der Waals surface area contributed by atoms with Gasteiger partial charge in [-0.2, -0.15) is 5.10 Å². The van der Waals surface area contributed by atoms with Crippen molar-refractivity contribution in [1.82, 2.24) is 19.7 Å². The maximum Gasteiger partial charge on any atom is 0.229 e. The number of aromatic nitrogens is 4.